The predicted molar refractivity (Wildman–Crippen MR) is 223 cm³/mol. The van der Waals surface area contributed by atoms with Crippen molar-refractivity contribution in [2.45, 2.75) is 53.8 Å². The van der Waals surface area contributed by atoms with Gasteiger partial charge >= 0.3 is 11.9 Å². The SMILES string of the molecule is CCN=C(/C=C(/C)N)C(=O)Nc1[nH]c2cc(C(N)=O)cc(OCCCN(C)N)c2[n+]1C/C=C/Cn1c(NC(=O)c2cc(C)nn2CC)nc2cc(C(N)=O)cc(OC)c21. The molecule has 2 aromatic carbocycles. The summed E-state index contributed by atoms with van der Waals surface area (Å²) in [6, 6.07) is 7.84. The van der Waals surface area contributed by atoms with Gasteiger partial charge in [0.1, 0.15) is 28.2 Å². The van der Waals surface area contributed by atoms with Crippen LogP contribution in [0.1, 0.15) is 64.1 Å². The number of anilines is 2. The second kappa shape index (κ2) is 18.9. The van der Waals surface area contributed by atoms with Gasteiger partial charge in [-0.05, 0) is 70.5 Å². The highest BCUT2D eigenvalue weighted by atomic mass is 16.5. The highest BCUT2D eigenvalue weighted by molar-refractivity contribution is 6.47. The van der Waals surface area contributed by atoms with Crippen molar-refractivity contribution in [2.75, 3.05) is 44.5 Å². The third-order valence-electron chi connectivity index (χ3n) is 8.94. The average Bonchev–Trinajstić information content (AvgIpc) is 3.85. The van der Waals surface area contributed by atoms with E-state index in [4.69, 9.17) is 32.5 Å². The number of allylic oxidation sites excluding steroid dienone is 3. The molecular weight excluding hydrogens is 761 g/mol. The number of nitrogens with zero attached hydrogens (tertiary/aromatic N) is 7. The maximum atomic E-state index is 13.6. The molecule has 0 saturated carbocycles. The summed E-state index contributed by atoms with van der Waals surface area (Å²) in [7, 11) is 3.20. The van der Waals surface area contributed by atoms with E-state index >= 15 is 0 Å². The topological polar surface area (TPSA) is 286 Å². The molecule has 3 heterocycles. The van der Waals surface area contributed by atoms with E-state index in [1.165, 1.54) is 30.3 Å². The summed E-state index contributed by atoms with van der Waals surface area (Å²) in [5.74, 6) is 4.55. The van der Waals surface area contributed by atoms with Crippen LogP contribution in [0.15, 0.2) is 59.2 Å². The Balaban J connectivity index is 1.59. The van der Waals surface area contributed by atoms with Gasteiger partial charge in [0.2, 0.25) is 17.8 Å². The van der Waals surface area contributed by atoms with Crippen molar-refractivity contribution in [1.82, 2.24) is 29.3 Å². The summed E-state index contributed by atoms with van der Waals surface area (Å²) in [5.41, 5.74) is 20.9. The molecule has 5 aromatic rings. The van der Waals surface area contributed by atoms with E-state index in [2.05, 4.69) is 30.7 Å². The number of aliphatic imine (C=N–C) groups is 1. The molecule has 0 fully saturated rings. The first-order valence-corrected chi connectivity index (χ1v) is 18.8. The maximum absolute atomic E-state index is 13.6. The molecule has 3 aromatic heterocycles. The second-order valence-corrected chi connectivity index (χ2v) is 13.6. The van der Waals surface area contributed by atoms with Crippen LogP contribution in [-0.4, -0.2) is 92.5 Å². The number of primary amides is 2. The Morgan fingerprint density at radius 3 is 2.37 bits per heavy atom. The number of amides is 4. The lowest BCUT2D eigenvalue weighted by molar-refractivity contribution is -0.646. The number of aromatic amines is 1. The molecule has 11 N–H and O–H groups in total. The number of hydrazine groups is 1. The summed E-state index contributed by atoms with van der Waals surface area (Å²) in [4.78, 5) is 64.0. The van der Waals surface area contributed by atoms with Crippen LogP contribution < -0.4 is 47.7 Å². The summed E-state index contributed by atoms with van der Waals surface area (Å²) in [5, 5.41) is 11.7. The molecule has 5 rings (SSSR count). The van der Waals surface area contributed by atoms with Crippen LogP contribution in [0, 0.1) is 6.92 Å². The van der Waals surface area contributed by atoms with Gasteiger partial charge in [0.05, 0.1) is 31.5 Å². The van der Waals surface area contributed by atoms with Crippen LogP contribution in [0.5, 0.6) is 11.5 Å². The monoisotopic (exact) mass is 811 g/mol. The van der Waals surface area contributed by atoms with Gasteiger partial charge < -0.3 is 31.2 Å². The van der Waals surface area contributed by atoms with Crippen LogP contribution >= 0.6 is 0 Å². The van der Waals surface area contributed by atoms with Gasteiger partial charge in [0.15, 0.2) is 11.3 Å². The van der Waals surface area contributed by atoms with Gasteiger partial charge in [0.25, 0.3) is 5.91 Å². The summed E-state index contributed by atoms with van der Waals surface area (Å²) >= 11 is 0. The highest BCUT2D eigenvalue weighted by Gasteiger charge is 2.27. The lowest BCUT2D eigenvalue weighted by atomic mass is 10.1. The fraction of sp³-hybridized carbons (Fsp3) is 0.333. The first kappa shape index (κ1) is 43.1. The summed E-state index contributed by atoms with van der Waals surface area (Å²) in [6.07, 6.45) is 5.72. The molecule has 20 nitrogen and oxygen atoms in total. The molecule has 312 valence electrons. The van der Waals surface area contributed by atoms with E-state index in [0.717, 1.165) is 0 Å². The maximum Gasteiger partial charge on any atom is 0.363 e. The van der Waals surface area contributed by atoms with Crippen molar-refractivity contribution in [3.63, 3.8) is 0 Å². The minimum atomic E-state index is -0.675. The number of hydrogen-bond acceptors (Lipinski definition) is 12. The van der Waals surface area contributed by atoms with Crippen molar-refractivity contribution < 1.29 is 33.2 Å². The number of H-pyrrole nitrogens is 1. The minimum Gasteiger partial charge on any atom is -0.494 e. The Morgan fingerprint density at radius 2 is 1.73 bits per heavy atom. The Morgan fingerprint density at radius 1 is 1.02 bits per heavy atom. The molecule has 4 amide bonds. The van der Waals surface area contributed by atoms with Crippen molar-refractivity contribution in [2.24, 2.45) is 28.0 Å². The second-order valence-electron chi connectivity index (χ2n) is 13.6. The van der Waals surface area contributed by atoms with Gasteiger partial charge in [-0.15, -0.1) is 0 Å². The van der Waals surface area contributed by atoms with E-state index in [1.54, 1.807) is 59.8 Å². The van der Waals surface area contributed by atoms with Gasteiger partial charge in [-0.25, -0.2) is 24.6 Å². The van der Waals surface area contributed by atoms with Gasteiger partial charge in [-0.1, -0.05) is 12.2 Å². The molecule has 0 aliphatic heterocycles. The van der Waals surface area contributed by atoms with E-state index in [-0.39, 0.29) is 48.4 Å². The van der Waals surface area contributed by atoms with Crippen LogP contribution in [0.2, 0.25) is 0 Å². The molecule has 59 heavy (non-hydrogen) atoms. The molecule has 0 spiro atoms. The van der Waals surface area contributed by atoms with Crippen molar-refractivity contribution in [3.05, 3.63) is 76.8 Å². The Bertz CT molecular complexity index is 2490. The predicted octanol–water partition coefficient (Wildman–Crippen LogP) is 1.88. The number of nitrogens with two attached hydrogens (primary N) is 4. The highest BCUT2D eigenvalue weighted by Crippen LogP contribution is 2.31. The number of carbonyl (C=O) groups is 4. The zero-order chi connectivity index (χ0) is 43.0. The quantitative estimate of drug-likeness (QED) is 0.0158. The molecule has 0 radical (unpaired) electrons. The van der Waals surface area contributed by atoms with Gasteiger partial charge in [0, 0.05) is 50.1 Å². The largest absolute Gasteiger partial charge is 0.494 e. The summed E-state index contributed by atoms with van der Waals surface area (Å²) < 4.78 is 17.0. The number of aromatic nitrogens is 6. The fourth-order valence-electron chi connectivity index (χ4n) is 6.35. The number of rotatable bonds is 19. The number of imidazole rings is 2. The normalized spacial score (nSPS) is 12.2. The van der Waals surface area contributed by atoms with Crippen LogP contribution in [0.4, 0.5) is 11.9 Å². The molecule has 0 saturated heterocycles. The third-order valence-corrected chi connectivity index (χ3v) is 8.94. The van der Waals surface area contributed by atoms with Gasteiger partial charge in [-0.2, -0.15) is 5.10 Å². The smallest absolute Gasteiger partial charge is 0.363 e. The molecular formula is C39H51N14O6+. The number of hydrogen-bond donors (Lipinski definition) is 7. The van der Waals surface area contributed by atoms with E-state index in [1.807, 2.05) is 19.1 Å². The standard InChI is InChI=1S/C39H50N14O6/c1-7-44-28(16-22(3)40)36(56)47-38-46-27-19-25(35(42)55)21-31(59-15-11-12-50(5)43)33(27)52(38)14-10-9-13-51-32-26(18-24(34(41)54)20-30(32)58-6)45-39(51)48-37(57)29-17-23(4)49-53(29)8-2/h9-10,16-21H,7-8,11-15,43H2,1-6H3,(H8,40,41,42,44,45,46,47,48,54,55,56,57)/p+1/b10-9+. The van der Waals surface area contributed by atoms with Gasteiger partial charge in [-0.3, -0.25) is 40.2 Å². The van der Waals surface area contributed by atoms with E-state index in [0.29, 0.717) is 76.7 Å². The minimum absolute atomic E-state index is 0.112. The number of ether oxygens (including phenoxy) is 2. The Hall–Kier alpha value is -7.06. The third kappa shape index (κ3) is 10.1. The first-order chi connectivity index (χ1) is 28.1. The summed E-state index contributed by atoms with van der Waals surface area (Å²) in [6.45, 7) is 9.05. The van der Waals surface area contributed by atoms with Crippen LogP contribution in [0.25, 0.3) is 22.1 Å². The lowest BCUT2D eigenvalue weighted by Crippen LogP contribution is -2.38. The van der Waals surface area contributed by atoms with Crippen LogP contribution in [0.3, 0.4) is 0 Å². The molecule has 0 bridgehead atoms. The number of nitrogens with one attached hydrogen (secondary N) is 3. The molecule has 20 heteroatoms. The molecule has 0 aliphatic carbocycles. The number of aryl methyl sites for hydroxylation is 2. The molecule has 0 atom stereocenters. The van der Waals surface area contributed by atoms with Crippen molar-refractivity contribution in [3.8, 4) is 11.5 Å². The number of methoxy groups -OCH3 is 1. The number of benzene rings is 2. The Labute approximate surface area is 339 Å². The number of fused-ring (bicyclic) bond motifs is 2. The van der Waals surface area contributed by atoms with Crippen molar-refractivity contribution in [1.29, 1.82) is 0 Å². The lowest BCUT2D eigenvalue weighted by Gasteiger charge is -2.12. The number of carbonyl (C=O) groups excluding carboxylic acids is 4. The molecule has 0 unspecified atom stereocenters. The Kier molecular flexibility index (Phi) is 13.8. The van der Waals surface area contributed by atoms with Crippen LogP contribution in [-0.2, 0) is 24.4 Å². The average molecular weight is 812 g/mol. The molecule has 0 aliphatic rings. The van der Waals surface area contributed by atoms with E-state index < -0.39 is 23.6 Å². The zero-order valence-electron chi connectivity index (χ0n) is 34.0. The zero-order valence-corrected chi connectivity index (χ0v) is 34.0. The first-order valence-electron chi connectivity index (χ1n) is 18.8. The van der Waals surface area contributed by atoms with E-state index in [9.17, 15) is 19.2 Å². The fourth-order valence-corrected chi connectivity index (χ4v) is 6.35. The van der Waals surface area contributed by atoms with Crippen molar-refractivity contribution >= 4 is 63.3 Å².